The van der Waals surface area contributed by atoms with Crippen LogP contribution in [0.15, 0.2) is 48.5 Å². The van der Waals surface area contributed by atoms with Crippen molar-refractivity contribution in [3.05, 3.63) is 65.2 Å². The second-order valence-corrected chi connectivity index (χ2v) is 5.35. The number of primary amides is 1. The van der Waals surface area contributed by atoms with E-state index in [4.69, 9.17) is 15.7 Å². The molecule has 0 spiro atoms. The molecule has 2 rings (SSSR count). The van der Waals surface area contributed by atoms with Gasteiger partial charge in [0.1, 0.15) is 23.1 Å². The van der Waals surface area contributed by atoms with Crippen LogP contribution in [-0.4, -0.2) is 22.3 Å². The fourth-order valence-electron chi connectivity index (χ4n) is 2.14. The minimum atomic E-state index is -0.972. The molecule has 7 heteroatoms. The van der Waals surface area contributed by atoms with Gasteiger partial charge in [-0.25, -0.2) is 4.79 Å². The molecule has 2 amide bonds. The number of ether oxygens (including phenoxy) is 1. The van der Waals surface area contributed by atoms with E-state index in [1.54, 1.807) is 55.5 Å². The molecule has 2 aromatic rings. The van der Waals surface area contributed by atoms with Gasteiger partial charge in [0.15, 0.2) is 0 Å². The van der Waals surface area contributed by atoms with E-state index in [0.717, 1.165) is 0 Å². The molecular weight excluding hydrogens is 332 g/mol. The molecule has 0 aromatic heterocycles. The first kappa shape index (κ1) is 18.5. The molecule has 0 saturated heterocycles. The van der Waals surface area contributed by atoms with Crippen molar-refractivity contribution in [3.63, 3.8) is 0 Å². The minimum Gasteiger partial charge on any atom is -0.456 e. The third kappa shape index (κ3) is 4.38. The Hall–Kier alpha value is -3.81. The number of amides is 2. The van der Waals surface area contributed by atoms with Gasteiger partial charge in [-0.2, -0.15) is 15.6 Å². The van der Waals surface area contributed by atoms with E-state index in [9.17, 15) is 15.3 Å². The Morgan fingerprint density at radius 2 is 1.92 bits per heavy atom. The number of benzene rings is 2. The fraction of sp³-hybridized carbons (Fsp3) is 0.105. The Kier molecular flexibility index (Phi) is 5.94. The van der Waals surface area contributed by atoms with Crippen molar-refractivity contribution in [1.29, 1.82) is 10.5 Å². The molecule has 26 heavy (non-hydrogen) atoms. The molecule has 2 aromatic carbocycles. The Morgan fingerprint density at radius 3 is 2.50 bits per heavy atom. The Labute approximate surface area is 150 Å². The highest BCUT2D eigenvalue weighted by Crippen LogP contribution is 2.28. The highest BCUT2D eigenvalue weighted by atomic mass is 16.5. The summed E-state index contributed by atoms with van der Waals surface area (Å²) in [5.74, 6) is 0.841. The molecule has 0 heterocycles. The van der Waals surface area contributed by atoms with Crippen LogP contribution >= 0.6 is 0 Å². The molecular formula is C19H16N4O3. The number of nitrogens with two attached hydrogens (primary N) is 1. The quantitative estimate of drug-likeness (QED) is 0.633. The van der Waals surface area contributed by atoms with Crippen molar-refractivity contribution in [3.8, 4) is 23.6 Å². The summed E-state index contributed by atoms with van der Waals surface area (Å²) in [5.41, 5.74) is 6.36. The van der Waals surface area contributed by atoms with E-state index in [1.165, 1.54) is 6.08 Å². The summed E-state index contributed by atoms with van der Waals surface area (Å²) in [6.45, 7) is 1.57. The van der Waals surface area contributed by atoms with Crippen molar-refractivity contribution in [2.45, 2.75) is 13.0 Å². The first-order valence-electron chi connectivity index (χ1n) is 7.63. The lowest BCUT2D eigenvalue weighted by atomic mass is 10.1. The molecule has 3 N–H and O–H groups in total. The van der Waals surface area contributed by atoms with Crippen molar-refractivity contribution < 1.29 is 14.7 Å². The summed E-state index contributed by atoms with van der Waals surface area (Å²) in [6.07, 6.45) is 3.13. The molecule has 0 aliphatic rings. The van der Waals surface area contributed by atoms with E-state index in [2.05, 4.69) is 6.07 Å². The summed E-state index contributed by atoms with van der Waals surface area (Å²) >= 11 is 0. The van der Waals surface area contributed by atoms with E-state index >= 15 is 0 Å². The summed E-state index contributed by atoms with van der Waals surface area (Å²) < 4.78 is 5.73. The maximum Gasteiger partial charge on any atom is 0.339 e. The van der Waals surface area contributed by atoms with Crippen LogP contribution in [0.1, 0.15) is 23.6 Å². The average Bonchev–Trinajstić information content (AvgIpc) is 2.66. The van der Waals surface area contributed by atoms with Crippen LogP contribution in [0.2, 0.25) is 0 Å². The number of hydrogen-bond donors (Lipinski definition) is 2. The number of rotatable bonds is 5. The molecule has 7 nitrogen and oxygen atoms in total. The number of carbonyl (C=O) groups is 1. The minimum absolute atomic E-state index is 0.295. The van der Waals surface area contributed by atoms with E-state index in [1.807, 2.05) is 6.07 Å². The summed E-state index contributed by atoms with van der Waals surface area (Å²) in [7, 11) is 0. The smallest absolute Gasteiger partial charge is 0.339 e. The molecule has 0 saturated carbocycles. The van der Waals surface area contributed by atoms with Gasteiger partial charge in [-0.05, 0) is 42.8 Å². The van der Waals surface area contributed by atoms with Crippen molar-refractivity contribution >= 4 is 12.1 Å². The van der Waals surface area contributed by atoms with Crippen molar-refractivity contribution in [2.24, 2.45) is 5.73 Å². The lowest BCUT2D eigenvalue weighted by Gasteiger charge is -2.17. The standard InChI is InChI=1S/C19H16N4O3/c1-13(23(25)19(22)24)5-8-15-3-2-4-18(17(15)12-21)26-16-9-6-14(11-20)7-10-16/h2-10,13,25H,1H3,(H2,22,24)/b8-5+. The number of nitriles is 2. The predicted molar refractivity (Wildman–Crippen MR) is 94.1 cm³/mol. The third-order valence-corrected chi connectivity index (χ3v) is 3.55. The first-order chi connectivity index (χ1) is 12.5. The summed E-state index contributed by atoms with van der Waals surface area (Å²) in [4.78, 5) is 11.0. The van der Waals surface area contributed by atoms with Gasteiger partial charge in [-0.15, -0.1) is 0 Å². The number of urea groups is 1. The molecule has 1 unspecified atom stereocenters. The van der Waals surface area contributed by atoms with E-state index < -0.39 is 12.1 Å². The molecule has 0 bridgehead atoms. The largest absolute Gasteiger partial charge is 0.456 e. The second kappa shape index (κ2) is 8.34. The van der Waals surface area contributed by atoms with Gasteiger partial charge in [-0.3, -0.25) is 5.21 Å². The van der Waals surface area contributed by atoms with Gasteiger partial charge in [-0.1, -0.05) is 24.3 Å². The highest BCUT2D eigenvalue weighted by molar-refractivity contribution is 5.71. The Balaban J connectivity index is 2.27. The maximum atomic E-state index is 11.0. The van der Waals surface area contributed by atoms with Crippen LogP contribution in [0.3, 0.4) is 0 Å². The second-order valence-electron chi connectivity index (χ2n) is 5.35. The van der Waals surface area contributed by atoms with Gasteiger partial charge in [0.25, 0.3) is 0 Å². The topological polar surface area (TPSA) is 123 Å². The van der Waals surface area contributed by atoms with Gasteiger partial charge in [0, 0.05) is 0 Å². The van der Waals surface area contributed by atoms with E-state index in [0.29, 0.717) is 33.3 Å². The van der Waals surface area contributed by atoms with Crippen LogP contribution in [0.4, 0.5) is 4.79 Å². The average molecular weight is 348 g/mol. The van der Waals surface area contributed by atoms with Gasteiger partial charge >= 0.3 is 6.03 Å². The van der Waals surface area contributed by atoms with Crippen LogP contribution in [0.25, 0.3) is 6.08 Å². The monoisotopic (exact) mass is 348 g/mol. The third-order valence-electron chi connectivity index (χ3n) is 3.55. The Morgan fingerprint density at radius 1 is 1.23 bits per heavy atom. The lowest BCUT2D eigenvalue weighted by molar-refractivity contribution is -0.0560. The zero-order valence-electron chi connectivity index (χ0n) is 14.0. The number of carbonyl (C=O) groups excluding carboxylic acids is 1. The highest BCUT2D eigenvalue weighted by Gasteiger charge is 2.13. The van der Waals surface area contributed by atoms with Crippen molar-refractivity contribution in [2.75, 3.05) is 0 Å². The Bertz CT molecular complexity index is 908. The molecule has 0 aliphatic heterocycles. The zero-order chi connectivity index (χ0) is 19.1. The normalized spacial score (nSPS) is 11.4. The number of hydrogen-bond acceptors (Lipinski definition) is 5. The summed E-state index contributed by atoms with van der Waals surface area (Å²) in [5, 5.41) is 28.2. The first-order valence-corrected chi connectivity index (χ1v) is 7.63. The molecule has 130 valence electrons. The predicted octanol–water partition coefficient (Wildman–Crippen LogP) is 3.39. The van der Waals surface area contributed by atoms with Gasteiger partial charge in [0.2, 0.25) is 0 Å². The number of hydroxylamine groups is 2. The van der Waals surface area contributed by atoms with Crippen LogP contribution in [-0.2, 0) is 0 Å². The fourth-order valence-corrected chi connectivity index (χ4v) is 2.14. The van der Waals surface area contributed by atoms with Gasteiger partial charge in [0.05, 0.1) is 17.7 Å². The molecule has 1 atom stereocenters. The van der Waals surface area contributed by atoms with Crippen LogP contribution < -0.4 is 10.5 Å². The zero-order valence-corrected chi connectivity index (χ0v) is 14.0. The van der Waals surface area contributed by atoms with E-state index in [-0.39, 0.29) is 0 Å². The maximum absolute atomic E-state index is 11.0. The SMILES string of the molecule is CC(/C=C/c1cccc(Oc2ccc(C#N)cc2)c1C#N)N(O)C(N)=O. The van der Waals surface area contributed by atoms with Crippen LogP contribution in [0, 0.1) is 22.7 Å². The molecule has 0 fully saturated rings. The van der Waals surface area contributed by atoms with Crippen molar-refractivity contribution in [1.82, 2.24) is 5.06 Å². The molecule has 0 radical (unpaired) electrons. The van der Waals surface area contributed by atoms with Gasteiger partial charge < -0.3 is 10.5 Å². The lowest BCUT2D eigenvalue weighted by Crippen LogP contribution is -2.38. The van der Waals surface area contributed by atoms with Crippen LogP contribution in [0.5, 0.6) is 11.5 Å². The molecule has 0 aliphatic carbocycles. The summed E-state index contributed by atoms with van der Waals surface area (Å²) in [6, 6.07) is 14.1. The number of nitrogens with zero attached hydrogens (tertiary/aromatic N) is 3.